The van der Waals surface area contributed by atoms with Crippen molar-refractivity contribution in [3.05, 3.63) is 47.9 Å². The van der Waals surface area contributed by atoms with Gasteiger partial charge in [-0.2, -0.15) is 0 Å². The fourth-order valence-electron chi connectivity index (χ4n) is 1.79. The Balaban J connectivity index is 2.00. The molecule has 0 bridgehead atoms. The van der Waals surface area contributed by atoms with Crippen LogP contribution in [0.1, 0.15) is 34.2 Å². The van der Waals surface area contributed by atoms with Crippen LogP contribution in [0, 0.1) is 0 Å². The first kappa shape index (κ1) is 16.4. The summed E-state index contributed by atoms with van der Waals surface area (Å²) in [5.41, 5.74) is 1.48. The maximum Gasteiger partial charge on any atom is 0.337 e. The van der Waals surface area contributed by atoms with Crippen LogP contribution in [-0.2, 0) is 4.74 Å². The van der Waals surface area contributed by atoms with Crippen molar-refractivity contribution in [2.75, 3.05) is 19.0 Å². The first-order valence-electron chi connectivity index (χ1n) is 7.19. The zero-order valence-corrected chi connectivity index (χ0v) is 13.0. The summed E-state index contributed by atoms with van der Waals surface area (Å²) >= 11 is 0. The van der Waals surface area contributed by atoms with Gasteiger partial charge in [-0.05, 0) is 30.7 Å². The van der Waals surface area contributed by atoms with Crippen LogP contribution in [0.3, 0.4) is 0 Å². The molecule has 1 heterocycles. The van der Waals surface area contributed by atoms with Gasteiger partial charge in [0.1, 0.15) is 11.5 Å². The number of esters is 1. The molecule has 2 rings (SSSR count). The molecule has 0 saturated carbocycles. The predicted molar refractivity (Wildman–Crippen MR) is 85.7 cm³/mol. The Morgan fingerprint density at radius 1 is 1.13 bits per heavy atom. The molecule has 7 heteroatoms. The van der Waals surface area contributed by atoms with Crippen molar-refractivity contribution in [3.63, 3.8) is 0 Å². The lowest BCUT2D eigenvalue weighted by atomic mass is 10.2. The maximum absolute atomic E-state index is 11.7. The molecule has 1 amide bonds. The molecule has 2 aromatic rings. The van der Waals surface area contributed by atoms with Crippen molar-refractivity contribution in [3.8, 4) is 0 Å². The average Bonchev–Trinajstić information content (AvgIpc) is 2.60. The number of nitrogens with one attached hydrogen (secondary N) is 2. The number of carbonyl (C=O) groups is 2. The van der Waals surface area contributed by atoms with E-state index in [2.05, 4.69) is 25.3 Å². The fourth-order valence-corrected chi connectivity index (χ4v) is 1.79. The highest BCUT2D eigenvalue weighted by atomic mass is 16.5. The van der Waals surface area contributed by atoms with Crippen LogP contribution >= 0.6 is 0 Å². The molecular weight excluding hydrogens is 296 g/mol. The lowest BCUT2D eigenvalue weighted by Gasteiger charge is -2.07. The van der Waals surface area contributed by atoms with E-state index in [0.29, 0.717) is 17.9 Å². The van der Waals surface area contributed by atoms with Crippen LogP contribution in [0.4, 0.5) is 11.5 Å². The van der Waals surface area contributed by atoms with Gasteiger partial charge in [-0.3, -0.25) is 4.79 Å². The first-order chi connectivity index (χ1) is 11.1. The summed E-state index contributed by atoms with van der Waals surface area (Å²) in [6.07, 6.45) is 3.76. The number of ether oxygens (including phenoxy) is 1. The van der Waals surface area contributed by atoms with E-state index in [1.807, 2.05) is 6.92 Å². The fraction of sp³-hybridized carbons (Fsp3) is 0.250. The number of amides is 1. The lowest BCUT2D eigenvalue weighted by Crippen LogP contribution is -2.25. The van der Waals surface area contributed by atoms with E-state index in [4.69, 9.17) is 0 Å². The van der Waals surface area contributed by atoms with Crippen molar-refractivity contribution in [2.24, 2.45) is 0 Å². The average molecular weight is 314 g/mol. The number of rotatable bonds is 6. The number of aromatic nitrogens is 2. The Bertz CT molecular complexity index is 669. The van der Waals surface area contributed by atoms with Gasteiger partial charge in [-0.1, -0.05) is 6.92 Å². The monoisotopic (exact) mass is 314 g/mol. The van der Waals surface area contributed by atoms with E-state index in [0.717, 1.165) is 12.1 Å². The molecule has 0 fully saturated rings. The maximum atomic E-state index is 11.7. The molecule has 0 atom stereocenters. The van der Waals surface area contributed by atoms with Crippen LogP contribution in [0.2, 0.25) is 0 Å². The molecule has 0 unspecified atom stereocenters. The number of nitrogens with zero attached hydrogens (tertiary/aromatic N) is 2. The van der Waals surface area contributed by atoms with Crippen LogP contribution in [0.25, 0.3) is 0 Å². The summed E-state index contributed by atoms with van der Waals surface area (Å²) in [7, 11) is 1.34. The third-order valence-electron chi connectivity index (χ3n) is 3.00. The largest absolute Gasteiger partial charge is 0.465 e. The van der Waals surface area contributed by atoms with E-state index in [1.165, 1.54) is 19.5 Å². The van der Waals surface area contributed by atoms with Crippen LogP contribution in [0.15, 0.2) is 36.7 Å². The Morgan fingerprint density at radius 2 is 1.87 bits per heavy atom. The third-order valence-corrected chi connectivity index (χ3v) is 3.00. The summed E-state index contributed by atoms with van der Waals surface area (Å²) in [6.45, 7) is 2.58. The molecule has 0 aliphatic carbocycles. The second-order valence-corrected chi connectivity index (χ2v) is 4.74. The highest BCUT2D eigenvalue weighted by Crippen LogP contribution is 2.15. The van der Waals surface area contributed by atoms with Gasteiger partial charge >= 0.3 is 5.97 Å². The molecule has 2 N–H and O–H groups in total. The number of methoxy groups -OCH3 is 1. The molecular formula is C16H18N4O3. The van der Waals surface area contributed by atoms with Crippen molar-refractivity contribution in [1.82, 2.24) is 15.3 Å². The lowest BCUT2D eigenvalue weighted by molar-refractivity contribution is 0.0600. The Kier molecular flexibility index (Phi) is 5.62. The van der Waals surface area contributed by atoms with Gasteiger partial charge in [0, 0.05) is 12.2 Å². The summed E-state index contributed by atoms with van der Waals surface area (Å²) in [6, 6.07) is 6.76. The molecule has 0 aliphatic heterocycles. The van der Waals surface area contributed by atoms with Gasteiger partial charge in [0.15, 0.2) is 0 Å². The van der Waals surface area contributed by atoms with Gasteiger partial charge in [0.05, 0.1) is 25.1 Å². The molecule has 0 aliphatic rings. The minimum Gasteiger partial charge on any atom is -0.465 e. The normalized spacial score (nSPS) is 10.0. The highest BCUT2D eigenvalue weighted by Gasteiger charge is 2.08. The Morgan fingerprint density at radius 3 is 2.43 bits per heavy atom. The molecule has 120 valence electrons. The smallest absolute Gasteiger partial charge is 0.337 e. The van der Waals surface area contributed by atoms with E-state index in [-0.39, 0.29) is 11.6 Å². The third kappa shape index (κ3) is 4.50. The van der Waals surface area contributed by atoms with Crippen LogP contribution in [-0.4, -0.2) is 35.5 Å². The van der Waals surface area contributed by atoms with E-state index in [9.17, 15) is 9.59 Å². The number of anilines is 2. The second-order valence-electron chi connectivity index (χ2n) is 4.74. The van der Waals surface area contributed by atoms with E-state index < -0.39 is 5.97 Å². The number of hydrogen-bond acceptors (Lipinski definition) is 6. The van der Waals surface area contributed by atoms with E-state index >= 15 is 0 Å². The molecule has 0 saturated heterocycles. The second kappa shape index (κ2) is 7.88. The van der Waals surface area contributed by atoms with Gasteiger partial charge in [-0.15, -0.1) is 0 Å². The van der Waals surface area contributed by atoms with Crippen molar-refractivity contribution >= 4 is 23.4 Å². The summed E-state index contributed by atoms with van der Waals surface area (Å²) < 4.78 is 4.64. The number of hydrogen-bond donors (Lipinski definition) is 2. The van der Waals surface area contributed by atoms with E-state index in [1.54, 1.807) is 24.3 Å². The highest BCUT2D eigenvalue weighted by molar-refractivity contribution is 5.92. The molecule has 0 spiro atoms. The van der Waals surface area contributed by atoms with Crippen LogP contribution < -0.4 is 10.6 Å². The van der Waals surface area contributed by atoms with Gasteiger partial charge < -0.3 is 15.4 Å². The molecule has 7 nitrogen and oxygen atoms in total. The topological polar surface area (TPSA) is 93.2 Å². The Hall–Kier alpha value is -2.96. The summed E-state index contributed by atoms with van der Waals surface area (Å²) in [5, 5.41) is 5.77. The quantitative estimate of drug-likeness (QED) is 0.794. The summed E-state index contributed by atoms with van der Waals surface area (Å²) in [4.78, 5) is 31.3. The molecule has 1 aromatic carbocycles. The molecule has 23 heavy (non-hydrogen) atoms. The van der Waals surface area contributed by atoms with Crippen LogP contribution in [0.5, 0.6) is 0 Å². The SMILES string of the molecule is CCCNC(=O)c1cnc(Nc2ccc(C(=O)OC)cc2)cn1. The predicted octanol–water partition coefficient (Wildman–Crippen LogP) is 2.15. The summed E-state index contributed by atoms with van der Waals surface area (Å²) in [5.74, 6) is -0.130. The number of carbonyl (C=O) groups excluding carboxylic acids is 2. The minimum atomic E-state index is -0.390. The van der Waals surface area contributed by atoms with Crippen molar-refractivity contribution < 1.29 is 14.3 Å². The Labute approximate surface area is 134 Å². The molecule has 0 radical (unpaired) electrons. The van der Waals surface area contributed by atoms with Gasteiger partial charge in [-0.25, -0.2) is 14.8 Å². The zero-order chi connectivity index (χ0) is 16.7. The molecule has 1 aromatic heterocycles. The zero-order valence-electron chi connectivity index (χ0n) is 13.0. The van der Waals surface area contributed by atoms with Crippen molar-refractivity contribution in [2.45, 2.75) is 13.3 Å². The minimum absolute atomic E-state index is 0.242. The first-order valence-corrected chi connectivity index (χ1v) is 7.19. The van der Waals surface area contributed by atoms with Crippen molar-refractivity contribution in [1.29, 1.82) is 0 Å². The standard InChI is InChI=1S/C16H18N4O3/c1-3-8-17-15(21)13-9-19-14(10-18-13)20-12-6-4-11(5-7-12)16(22)23-2/h4-7,9-10H,3,8H2,1-2H3,(H,17,21)(H,19,20). The van der Waals surface area contributed by atoms with Gasteiger partial charge in [0.2, 0.25) is 0 Å². The number of benzene rings is 1. The van der Waals surface area contributed by atoms with Gasteiger partial charge in [0.25, 0.3) is 5.91 Å².